The summed E-state index contributed by atoms with van der Waals surface area (Å²) in [6.45, 7) is 12.9. The van der Waals surface area contributed by atoms with Crippen LogP contribution in [0.15, 0.2) is 36.9 Å². The highest BCUT2D eigenvalue weighted by atomic mass is 15.2. The Bertz CT molecular complexity index is 363. The second-order valence-corrected chi connectivity index (χ2v) is 5.36. The van der Waals surface area contributed by atoms with Crippen molar-refractivity contribution in [3.8, 4) is 0 Å². The third-order valence-electron chi connectivity index (χ3n) is 2.90. The summed E-state index contributed by atoms with van der Waals surface area (Å²) in [5, 5.41) is 0. The summed E-state index contributed by atoms with van der Waals surface area (Å²) >= 11 is 0. The Morgan fingerprint density at radius 1 is 1.29 bits per heavy atom. The van der Waals surface area contributed by atoms with Gasteiger partial charge in [0.25, 0.3) is 0 Å². The normalized spacial score (nSPS) is 11.8. The van der Waals surface area contributed by atoms with Crippen LogP contribution >= 0.6 is 0 Å². The lowest BCUT2D eigenvalue weighted by Gasteiger charge is -2.35. The van der Waals surface area contributed by atoms with Gasteiger partial charge >= 0.3 is 0 Å². The monoisotopic (exact) mass is 232 g/mol. The van der Waals surface area contributed by atoms with Crippen molar-refractivity contribution in [3.05, 3.63) is 48.0 Å². The van der Waals surface area contributed by atoms with E-state index in [1.54, 1.807) is 0 Å². The van der Waals surface area contributed by atoms with Crippen molar-refractivity contribution in [1.29, 1.82) is 0 Å². The lowest BCUT2D eigenvalue weighted by Crippen LogP contribution is -2.40. The molecule has 0 bridgehead atoms. The Labute approximate surface area is 105 Å². The molecule has 0 saturated heterocycles. The van der Waals surface area contributed by atoms with Crippen LogP contribution in [0.25, 0.3) is 0 Å². The molecule has 0 amide bonds. The number of nitrogens with two attached hydrogens (primary N) is 1. The molecule has 0 unspecified atom stereocenters. The Hall–Kier alpha value is -1.12. The number of benzene rings is 1. The van der Waals surface area contributed by atoms with Crippen LogP contribution in [0.1, 0.15) is 31.9 Å². The zero-order chi connectivity index (χ0) is 12.9. The molecule has 94 valence electrons. The first-order valence-electron chi connectivity index (χ1n) is 6.11. The fourth-order valence-corrected chi connectivity index (χ4v) is 1.81. The maximum atomic E-state index is 5.66. The molecule has 0 heterocycles. The van der Waals surface area contributed by atoms with E-state index >= 15 is 0 Å². The fraction of sp³-hybridized carbons (Fsp3) is 0.467. The Morgan fingerprint density at radius 3 is 2.47 bits per heavy atom. The van der Waals surface area contributed by atoms with Crippen molar-refractivity contribution >= 4 is 0 Å². The highest BCUT2D eigenvalue weighted by molar-refractivity contribution is 5.23. The van der Waals surface area contributed by atoms with E-state index in [-0.39, 0.29) is 5.54 Å². The van der Waals surface area contributed by atoms with Crippen LogP contribution in [0, 0.1) is 0 Å². The Balaban J connectivity index is 2.81. The average molecular weight is 232 g/mol. The number of nitrogens with zero attached hydrogens (tertiary/aromatic N) is 1. The van der Waals surface area contributed by atoms with Crippen LogP contribution in [-0.2, 0) is 13.1 Å². The molecule has 0 spiro atoms. The lowest BCUT2D eigenvalue weighted by molar-refractivity contribution is 0.145. The van der Waals surface area contributed by atoms with E-state index in [0.717, 1.165) is 13.1 Å². The highest BCUT2D eigenvalue weighted by Crippen LogP contribution is 2.17. The summed E-state index contributed by atoms with van der Waals surface area (Å²) in [5.41, 5.74) is 8.31. The van der Waals surface area contributed by atoms with Crippen molar-refractivity contribution in [3.63, 3.8) is 0 Å². The number of hydrogen-bond donors (Lipinski definition) is 1. The van der Waals surface area contributed by atoms with Gasteiger partial charge in [-0.15, -0.1) is 6.58 Å². The van der Waals surface area contributed by atoms with Gasteiger partial charge in [0.1, 0.15) is 0 Å². The molecular formula is C15H24N2. The second kappa shape index (κ2) is 5.99. The first kappa shape index (κ1) is 13.9. The van der Waals surface area contributed by atoms with Gasteiger partial charge in [0.15, 0.2) is 0 Å². The molecule has 2 heteroatoms. The van der Waals surface area contributed by atoms with Gasteiger partial charge < -0.3 is 5.73 Å². The smallest absolute Gasteiger partial charge is 0.0242 e. The molecule has 17 heavy (non-hydrogen) atoms. The van der Waals surface area contributed by atoms with Crippen LogP contribution in [0.2, 0.25) is 0 Å². The van der Waals surface area contributed by atoms with Gasteiger partial charge in [0.2, 0.25) is 0 Å². The minimum atomic E-state index is 0.146. The van der Waals surface area contributed by atoms with Gasteiger partial charge in [0.05, 0.1) is 0 Å². The minimum absolute atomic E-state index is 0.146. The molecule has 0 atom stereocenters. The van der Waals surface area contributed by atoms with Crippen LogP contribution in [0.3, 0.4) is 0 Å². The first-order valence-corrected chi connectivity index (χ1v) is 6.11. The van der Waals surface area contributed by atoms with Gasteiger partial charge in [0, 0.05) is 25.2 Å². The van der Waals surface area contributed by atoms with Gasteiger partial charge in [-0.05, 0) is 31.9 Å². The molecule has 2 nitrogen and oxygen atoms in total. The third kappa shape index (κ3) is 4.33. The predicted octanol–water partition coefficient (Wildman–Crippen LogP) is 2.93. The summed E-state index contributed by atoms with van der Waals surface area (Å²) < 4.78 is 0. The van der Waals surface area contributed by atoms with Crippen molar-refractivity contribution in [1.82, 2.24) is 4.90 Å². The van der Waals surface area contributed by atoms with Crippen molar-refractivity contribution in [2.75, 3.05) is 6.54 Å². The predicted molar refractivity (Wildman–Crippen MR) is 74.7 cm³/mol. The lowest BCUT2D eigenvalue weighted by atomic mass is 10.0. The molecule has 1 aromatic rings. The summed E-state index contributed by atoms with van der Waals surface area (Å²) in [6.07, 6.45) is 1.96. The maximum Gasteiger partial charge on any atom is 0.0242 e. The second-order valence-electron chi connectivity index (χ2n) is 5.36. The molecule has 0 aliphatic carbocycles. The highest BCUT2D eigenvalue weighted by Gasteiger charge is 2.19. The summed E-state index contributed by atoms with van der Waals surface area (Å²) in [4.78, 5) is 2.40. The topological polar surface area (TPSA) is 29.3 Å². The van der Waals surface area contributed by atoms with Gasteiger partial charge in [-0.3, -0.25) is 4.90 Å². The standard InChI is InChI=1S/C15H24N2/c1-5-9-17(15(2,3)4)12-14-8-6-7-13(10-14)11-16/h5-8,10H,1,9,11-12,16H2,2-4H3. The average Bonchev–Trinajstić information content (AvgIpc) is 2.27. The molecule has 0 aromatic heterocycles. The van der Waals surface area contributed by atoms with Crippen molar-refractivity contribution < 1.29 is 0 Å². The molecule has 1 aromatic carbocycles. The van der Waals surface area contributed by atoms with E-state index < -0.39 is 0 Å². The summed E-state index contributed by atoms with van der Waals surface area (Å²) in [5.74, 6) is 0. The summed E-state index contributed by atoms with van der Waals surface area (Å²) in [6, 6.07) is 8.48. The largest absolute Gasteiger partial charge is 0.326 e. The molecule has 0 saturated carbocycles. The van der Waals surface area contributed by atoms with E-state index in [0.29, 0.717) is 6.54 Å². The Morgan fingerprint density at radius 2 is 1.94 bits per heavy atom. The van der Waals surface area contributed by atoms with Crippen molar-refractivity contribution in [2.45, 2.75) is 39.4 Å². The van der Waals surface area contributed by atoms with E-state index in [1.807, 2.05) is 6.08 Å². The van der Waals surface area contributed by atoms with Gasteiger partial charge in [-0.25, -0.2) is 0 Å². The quantitative estimate of drug-likeness (QED) is 0.791. The van der Waals surface area contributed by atoms with E-state index in [4.69, 9.17) is 5.73 Å². The van der Waals surface area contributed by atoms with Crippen LogP contribution in [0.4, 0.5) is 0 Å². The van der Waals surface area contributed by atoms with Crippen LogP contribution < -0.4 is 5.73 Å². The first-order chi connectivity index (χ1) is 7.97. The third-order valence-corrected chi connectivity index (χ3v) is 2.90. The zero-order valence-corrected chi connectivity index (χ0v) is 11.2. The van der Waals surface area contributed by atoms with E-state index in [9.17, 15) is 0 Å². The molecular weight excluding hydrogens is 208 g/mol. The van der Waals surface area contributed by atoms with Crippen molar-refractivity contribution in [2.24, 2.45) is 5.73 Å². The molecule has 0 radical (unpaired) electrons. The van der Waals surface area contributed by atoms with Gasteiger partial charge in [-0.1, -0.05) is 30.3 Å². The van der Waals surface area contributed by atoms with E-state index in [1.165, 1.54) is 11.1 Å². The fourth-order valence-electron chi connectivity index (χ4n) is 1.81. The van der Waals surface area contributed by atoms with Crippen LogP contribution in [-0.4, -0.2) is 17.0 Å². The van der Waals surface area contributed by atoms with Crippen LogP contribution in [0.5, 0.6) is 0 Å². The number of hydrogen-bond acceptors (Lipinski definition) is 2. The minimum Gasteiger partial charge on any atom is -0.326 e. The Kier molecular flexibility index (Phi) is 4.91. The summed E-state index contributed by atoms with van der Waals surface area (Å²) in [7, 11) is 0. The molecule has 1 rings (SSSR count). The zero-order valence-electron chi connectivity index (χ0n) is 11.2. The number of rotatable bonds is 5. The van der Waals surface area contributed by atoms with E-state index in [2.05, 4.69) is 56.5 Å². The molecule has 0 aliphatic rings. The molecule has 2 N–H and O–H groups in total. The maximum absolute atomic E-state index is 5.66. The molecule has 0 fully saturated rings. The SMILES string of the molecule is C=CCN(Cc1cccc(CN)c1)C(C)(C)C. The van der Waals surface area contributed by atoms with Gasteiger partial charge in [-0.2, -0.15) is 0 Å². The molecule has 0 aliphatic heterocycles.